The molecule has 0 saturated heterocycles. The van der Waals surface area contributed by atoms with Crippen molar-refractivity contribution in [1.29, 1.82) is 0 Å². The zero-order valence-corrected chi connectivity index (χ0v) is 4.43. The summed E-state index contributed by atoms with van der Waals surface area (Å²) in [4.78, 5) is 0. The molecule has 0 aromatic carbocycles. The highest BCUT2D eigenvalue weighted by molar-refractivity contribution is 5.06. The standard InChI is InChI=1S/C7H10/c1-2-7-4-3-6(1)5-7/h1,5-7H,2-4H2/q+1. The van der Waals surface area contributed by atoms with Crippen LogP contribution in [0.1, 0.15) is 19.3 Å². The summed E-state index contributed by atoms with van der Waals surface area (Å²) in [5, 5.41) is 0. The van der Waals surface area contributed by atoms with Crippen molar-refractivity contribution in [1.82, 2.24) is 0 Å². The smallest absolute Gasteiger partial charge is 0.00527 e. The minimum Gasteiger partial charge on any atom is -0.00527 e. The second-order valence-corrected chi connectivity index (χ2v) is 2.67. The Hall–Kier alpha value is -0.130. The molecular formula is C7H10+. The Kier molecular flexibility index (Phi) is 0.643. The van der Waals surface area contributed by atoms with E-state index in [4.69, 9.17) is 0 Å². The van der Waals surface area contributed by atoms with Crippen molar-refractivity contribution in [3.05, 3.63) is 12.8 Å². The van der Waals surface area contributed by atoms with Gasteiger partial charge in [0.05, 0.1) is 12.3 Å². The Morgan fingerprint density at radius 1 is 1.43 bits per heavy atom. The van der Waals surface area contributed by atoms with E-state index in [0.717, 1.165) is 11.8 Å². The van der Waals surface area contributed by atoms with E-state index in [1.54, 1.807) is 0 Å². The van der Waals surface area contributed by atoms with Gasteiger partial charge in [-0.2, -0.15) is 0 Å². The van der Waals surface area contributed by atoms with Gasteiger partial charge in [0.2, 0.25) is 0 Å². The predicted octanol–water partition coefficient (Wildman–Crippen LogP) is 1.82. The molecule has 0 amide bonds. The van der Waals surface area contributed by atoms with Crippen molar-refractivity contribution in [2.75, 3.05) is 0 Å². The highest BCUT2D eigenvalue weighted by atomic mass is 14.4. The summed E-state index contributed by atoms with van der Waals surface area (Å²) in [5.41, 5.74) is 0. The van der Waals surface area contributed by atoms with Gasteiger partial charge in [-0.1, -0.05) is 0 Å². The zero-order chi connectivity index (χ0) is 4.69. The maximum Gasteiger partial charge on any atom is 0.102 e. The number of hydrogen-bond acceptors (Lipinski definition) is 0. The van der Waals surface area contributed by atoms with Crippen LogP contribution in [0.5, 0.6) is 0 Å². The molecule has 0 aromatic heterocycles. The molecule has 0 nitrogen and oxygen atoms in total. The second-order valence-electron chi connectivity index (χ2n) is 2.67. The van der Waals surface area contributed by atoms with Gasteiger partial charge in [0.25, 0.3) is 0 Å². The fourth-order valence-corrected chi connectivity index (χ4v) is 1.69. The highest BCUT2D eigenvalue weighted by Crippen LogP contribution is 2.42. The quantitative estimate of drug-likeness (QED) is 0.402. The van der Waals surface area contributed by atoms with Crippen LogP contribution < -0.4 is 0 Å². The molecule has 2 fully saturated rings. The summed E-state index contributed by atoms with van der Waals surface area (Å²) in [6.07, 6.45) is 9.25. The van der Waals surface area contributed by atoms with Crippen molar-refractivity contribution >= 4 is 0 Å². The Labute approximate surface area is 44.9 Å². The lowest BCUT2D eigenvalue weighted by molar-refractivity contribution is 0.564. The summed E-state index contributed by atoms with van der Waals surface area (Å²) in [5.74, 6) is 1.91. The van der Waals surface area contributed by atoms with E-state index in [9.17, 15) is 0 Å². The van der Waals surface area contributed by atoms with Gasteiger partial charge < -0.3 is 0 Å². The molecule has 2 saturated carbocycles. The van der Waals surface area contributed by atoms with Crippen molar-refractivity contribution < 1.29 is 0 Å². The lowest BCUT2D eigenvalue weighted by atomic mass is 10.0. The molecule has 0 heterocycles. The van der Waals surface area contributed by atoms with E-state index < -0.39 is 0 Å². The highest BCUT2D eigenvalue weighted by Gasteiger charge is 2.40. The molecule has 0 N–H and O–H groups in total. The first-order chi connectivity index (χ1) is 3.45. The number of hydrogen-bond donors (Lipinski definition) is 0. The van der Waals surface area contributed by atoms with Crippen LogP contribution in [0, 0.1) is 24.7 Å². The molecule has 0 aromatic rings. The minimum atomic E-state index is 0.921. The topological polar surface area (TPSA) is 0 Å². The second kappa shape index (κ2) is 1.18. The van der Waals surface area contributed by atoms with Crippen molar-refractivity contribution in [3.8, 4) is 0 Å². The predicted molar refractivity (Wildman–Crippen MR) is 29.4 cm³/mol. The first-order valence-electron chi connectivity index (χ1n) is 3.13. The molecule has 7 heavy (non-hydrogen) atoms. The first-order valence-corrected chi connectivity index (χ1v) is 3.13. The monoisotopic (exact) mass is 94.1 g/mol. The molecule has 0 spiro atoms. The van der Waals surface area contributed by atoms with Crippen molar-refractivity contribution in [3.63, 3.8) is 0 Å². The minimum absolute atomic E-state index is 0.921. The normalized spacial score (nSPS) is 46.9. The summed E-state index contributed by atoms with van der Waals surface area (Å²) >= 11 is 0. The summed E-state index contributed by atoms with van der Waals surface area (Å²) in [6, 6.07) is 0. The summed E-state index contributed by atoms with van der Waals surface area (Å²) in [6.45, 7) is 0. The van der Waals surface area contributed by atoms with E-state index in [1.807, 2.05) is 0 Å². The van der Waals surface area contributed by atoms with E-state index in [0.29, 0.717) is 0 Å². The van der Waals surface area contributed by atoms with Crippen LogP contribution in [0.2, 0.25) is 0 Å². The van der Waals surface area contributed by atoms with E-state index in [2.05, 4.69) is 12.8 Å². The van der Waals surface area contributed by atoms with Crippen LogP contribution in [0.25, 0.3) is 0 Å². The van der Waals surface area contributed by atoms with Gasteiger partial charge in [-0.3, -0.25) is 0 Å². The molecule has 2 rings (SSSR count). The van der Waals surface area contributed by atoms with E-state index in [-0.39, 0.29) is 0 Å². The van der Waals surface area contributed by atoms with Gasteiger partial charge in [-0.05, 0) is 19.3 Å². The first kappa shape index (κ1) is 3.82. The number of rotatable bonds is 0. The van der Waals surface area contributed by atoms with Gasteiger partial charge >= 0.3 is 0 Å². The molecule has 2 bridgehead atoms. The lowest BCUT2D eigenvalue weighted by Gasteiger charge is -1.97. The third-order valence-electron chi connectivity index (χ3n) is 2.13. The van der Waals surface area contributed by atoms with Gasteiger partial charge in [-0.25, -0.2) is 0 Å². The maximum absolute atomic E-state index is 2.50. The fourth-order valence-electron chi connectivity index (χ4n) is 1.69. The van der Waals surface area contributed by atoms with Crippen molar-refractivity contribution in [2.45, 2.75) is 19.3 Å². The van der Waals surface area contributed by atoms with Crippen LogP contribution in [0.3, 0.4) is 0 Å². The summed E-state index contributed by atoms with van der Waals surface area (Å²) in [7, 11) is 0. The average molecular weight is 94.2 g/mol. The van der Waals surface area contributed by atoms with Crippen molar-refractivity contribution in [2.24, 2.45) is 11.8 Å². The summed E-state index contributed by atoms with van der Waals surface area (Å²) < 4.78 is 0. The SMILES string of the molecule is [CH]1CC2[CH+]C1CC2. The third-order valence-corrected chi connectivity index (χ3v) is 2.13. The fraction of sp³-hybridized carbons (Fsp3) is 0.714. The molecule has 1 radical (unpaired) electrons. The molecule has 2 aliphatic rings. The Balaban J connectivity index is 2.12. The molecule has 2 atom stereocenters. The van der Waals surface area contributed by atoms with Crippen LogP contribution in [0.4, 0.5) is 0 Å². The molecular weight excluding hydrogens is 84.1 g/mol. The van der Waals surface area contributed by atoms with Crippen LogP contribution >= 0.6 is 0 Å². The molecule has 0 aliphatic heterocycles. The average Bonchev–Trinajstić information content (AvgIpc) is 2.22. The van der Waals surface area contributed by atoms with Gasteiger partial charge in [0, 0.05) is 6.42 Å². The van der Waals surface area contributed by atoms with E-state index in [1.165, 1.54) is 19.3 Å². The van der Waals surface area contributed by atoms with Gasteiger partial charge in [-0.15, -0.1) is 0 Å². The Bertz CT molecular complexity index is 58.1. The molecule has 37 valence electrons. The largest absolute Gasteiger partial charge is 0.102 e. The Morgan fingerprint density at radius 3 is 2.57 bits per heavy atom. The van der Waals surface area contributed by atoms with Gasteiger partial charge in [0.15, 0.2) is 0 Å². The van der Waals surface area contributed by atoms with Crippen LogP contribution in [-0.4, -0.2) is 0 Å². The van der Waals surface area contributed by atoms with Crippen LogP contribution in [0.15, 0.2) is 0 Å². The molecule has 0 heteroatoms. The molecule has 2 unspecified atom stereocenters. The molecule has 2 aliphatic carbocycles. The van der Waals surface area contributed by atoms with Gasteiger partial charge in [0.1, 0.15) is 5.92 Å². The Morgan fingerprint density at radius 2 is 2.43 bits per heavy atom. The van der Waals surface area contributed by atoms with Crippen LogP contribution in [-0.2, 0) is 0 Å². The maximum atomic E-state index is 2.50. The lowest BCUT2D eigenvalue weighted by Crippen LogP contribution is -1.92. The third kappa shape index (κ3) is 0.457. The number of fused-ring (bicyclic) bond motifs is 2. The van der Waals surface area contributed by atoms with E-state index >= 15 is 0 Å². The zero-order valence-electron chi connectivity index (χ0n) is 4.43.